The van der Waals surface area contributed by atoms with Gasteiger partial charge < -0.3 is 10.1 Å². The molecule has 4 nitrogen and oxygen atoms in total. The molecule has 0 aliphatic carbocycles. The number of Topliss-reactive ketones (excluding diaryl/α,β-unsaturated/α-hetero) is 1. The van der Waals surface area contributed by atoms with E-state index in [1.165, 1.54) is 11.3 Å². The molecule has 134 valence electrons. The van der Waals surface area contributed by atoms with Gasteiger partial charge in [0.2, 0.25) is 5.91 Å². The van der Waals surface area contributed by atoms with E-state index in [2.05, 4.69) is 5.32 Å². The number of ether oxygens (including phenoxy) is 1. The molecule has 0 aliphatic heterocycles. The third-order valence-electron chi connectivity index (χ3n) is 3.89. The van der Waals surface area contributed by atoms with E-state index in [-0.39, 0.29) is 36.5 Å². The Morgan fingerprint density at radius 3 is 2.32 bits per heavy atom. The predicted molar refractivity (Wildman–Crippen MR) is 102 cm³/mol. The van der Waals surface area contributed by atoms with Crippen LogP contribution in [-0.4, -0.2) is 18.8 Å². The van der Waals surface area contributed by atoms with Gasteiger partial charge in [0, 0.05) is 12.8 Å². The molecule has 1 aromatic carbocycles. The van der Waals surface area contributed by atoms with Crippen LogP contribution in [0.5, 0.6) is 5.75 Å². The van der Waals surface area contributed by atoms with E-state index in [4.69, 9.17) is 16.3 Å². The van der Waals surface area contributed by atoms with Crippen LogP contribution in [0.3, 0.4) is 0 Å². The number of nitrogens with one attached hydrogen (secondary N) is 1. The Kier molecular flexibility index (Phi) is 7.02. The highest BCUT2D eigenvalue weighted by Gasteiger charge is 2.19. The minimum atomic E-state index is -0.134. The Balaban J connectivity index is 1.94. The van der Waals surface area contributed by atoms with E-state index in [9.17, 15) is 9.59 Å². The van der Waals surface area contributed by atoms with Crippen molar-refractivity contribution in [1.82, 2.24) is 5.32 Å². The zero-order chi connectivity index (χ0) is 18.4. The monoisotopic (exact) mass is 379 g/mol. The quantitative estimate of drug-likeness (QED) is 0.664. The van der Waals surface area contributed by atoms with E-state index in [1.807, 2.05) is 38.1 Å². The average molecular weight is 380 g/mol. The van der Waals surface area contributed by atoms with Gasteiger partial charge in [-0.2, -0.15) is 0 Å². The second-order valence-corrected chi connectivity index (χ2v) is 7.80. The lowest BCUT2D eigenvalue weighted by Crippen LogP contribution is -2.31. The summed E-state index contributed by atoms with van der Waals surface area (Å²) in [7, 11) is 1.62. The first-order valence-electron chi connectivity index (χ1n) is 8.12. The largest absolute Gasteiger partial charge is 0.497 e. The molecule has 1 amide bonds. The van der Waals surface area contributed by atoms with E-state index in [0.717, 1.165) is 11.3 Å². The zero-order valence-corrected chi connectivity index (χ0v) is 16.1. The number of hydrogen-bond acceptors (Lipinski definition) is 4. The molecule has 2 aromatic rings. The number of carbonyl (C=O) groups excluding carboxylic acids is 2. The topological polar surface area (TPSA) is 55.4 Å². The van der Waals surface area contributed by atoms with Crippen molar-refractivity contribution < 1.29 is 14.3 Å². The summed E-state index contributed by atoms with van der Waals surface area (Å²) in [6.07, 6.45) is 0.337. The number of carbonyl (C=O) groups is 2. The van der Waals surface area contributed by atoms with E-state index >= 15 is 0 Å². The number of benzene rings is 1. The molecule has 1 aromatic heterocycles. The van der Waals surface area contributed by atoms with E-state index in [1.54, 1.807) is 19.2 Å². The van der Waals surface area contributed by atoms with Crippen LogP contribution in [-0.2, 0) is 4.79 Å². The minimum Gasteiger partial charge on any atom is -0.497 e. The summed E-state index contributed by atoms with van der Waals surface area (Å²) < 4.78 is 5.74. The van der Waals surface area contributed by atoms with Crippen LogP contribution in [0.4, 0.5) is 0 Å². The van der Waals surface area contributed by atoms with Gasteiger partial charge in [0.1, 0.15) is 5.75 Å². The summed E-state index contributed by atoms with van der Waals surface area (Å²) in [6, 6.07) is 10.9. The lowest BCUT2D eigenvalue weighted by Gasteiger charge is -2.23. The maximum Gasteiger partial charge on any atom is 0.220 e. The summed E-state index contributed by atoms with van der Waals surface area (Å²) in [5.74, 6) is 0.810. The Bertz CT molecular complexity index is 725. The molecule has 25 heavy (non-hydrogen) atoms. The number of ketones is 1. The third kappa shape index (κ3) is 5.58. The fourth-order valence-electron chi connectivity index (χ4n) is 2.51. The third-order valence-corrected chi connectivity index (χ3v) is 5.16. The zero-order valence-electron chi connectivity index (χ0n) is 14.5. The molecule has 0 bridgehead atoms. The number of halogens is 1. The van der Waals surface area contributed by atoms with E-state index in [0.29, 0.717) is 9.21 Å². The van der Waals surface area contributed by atoms with Crippen molar-refractivity contribution >= 4 is 34.6 Å². The molecule has 0 aliphatic rings. The van der Waals surface area contributed by atoms with Crippen molar-refractivity contribution in [3.8, 4) is 5.75 Å². The van der Waals surface area contributed by atoms with Crippen molar-refractivity contribution in [2.45, 2.75) is 32.7 Å². The lowest BCUT2D eigenvalue weighted by atomic mass is 9.95. The van der Waals surface area contributed by atoms with Gasteiger partial charge in [-0.3, -0.25) is 9.59 Å². The van der Waals surface area contributed by atoms with Crippen molar-refractivity contribution in [1.29, 1.82) is 0 Å². The van der Waals surface area contributed by atoms with Gasteiger partial charge in [-0.05, 0) is 35.7 Å². The Morgan fingerprint density at radius 1 is 1.12 bits per heavy atom. The molecule has 6 heteroatoms. The van der Waals surface area contributed by atoms with E-state index < -0.39 is 0 Å². The highest BCUT2D eigenvalue weighted by atomic mass is 35.5. The van der Waals surface area contributed by atoms with Gasteiger partial charge >= 0.3 is 0 Å². The normalized spacial score (nSPS) is 12.0. The molecule has 1 atom stereocenters. The molecule has 2 rings (SSSR count). The summed E-state index contributed by atoms with van der Waals surface area (Å²) in [6.45, 7) is 4.10. The smallest absolute Gasteiger partial charge is 0.220 e. The SMILES string of the molecule is COc1ccc(C(NC(=O)CCC(=O)c2ccc(Cl)s2)C(C)C)cc1. The van der Waals surface area contributed by atoms with Gasteiger partial charge in [0.15, 0.2) is 5.78 Å². The second-order valence-electron chi connectivity index (χ2n) is 6.09. The molecule has 0 saturated heterocycles. The highest BCUT2D eigenvalue weighted by Crippen LogP contribution is 2.25. The number of methoxy groups -OCH3 is 1. The highest BCUT2D eigenvalue weighted by molar-refractivity contribution is 7.18. The van der Waals surface area contributed by atoms with Crippen LogP contribution in [0.2, 0.25) is 4.34 Å². The first kappa shape index (κ1) is 19.5. The summed E-state index contributed by atoms with van der Waals surface area (Å²) in [4.78, 5) is 25.0. The Hall–Kier alpha value is -1.85. The van der Waals surface area contributed by atoms with Crippen LogP contribution < -0.4 is 10.1 Å². The van der Waals surface area contributed by atoms with Gasteiger partial charge in [0.25, 0.3) is 0 Å². The Morgan fingerprint density at radius 2 is 1.80 bits per heavy atom. The van der Waals surface area contributed by atoms with Gasteiger partial charge in [0.05, 0.1) is 22.4 Å². The molecular weight excluding hydrogens is 358 g/mol. The van der Waals surface area contributed by atoms with Crippen LogP contribution >= 0.6 is 22.9 Å². The first-order valence-corrected chi connectivity index (χ1v) is 9.32. The van der Waals surface area contributed by atoms with Crippen LogP contribution in [0.15, 0.2) is 36.4 Å². The maximum absolute atomic E-state index is 12.3. The number of rotatable bonds is 8. The summed E-state index contributed by atoms with van der Waals surface area (Å²) in [5.41, 5.74) is 1.01. The summed E-state index contributed by atoms with van der Waals surface area (Å²) in [5, 5.41) is 3.03. The van der Waals surface area contributed by atoms with Crippen molar-refractivity contribution in [3.63, 3.8) is 0 Å². The minimum absolute atomic E-state index is 0.0578. The molecule has 0 saturated carbocycles. The molecule has 0 radical (unpaired) electrons. The van der Waals surface area contributed by atoms with Crippen molar-refractivity contribution in [2.75, 3.05) is 7.11 Å². The standard InChI is InChI=1S/C19H22ClNO3S/c1-12(2)19(13-4-6-14(24-3)7-5-13)21-18(23)11-8-15(22)16-9-10-17(20)25-16/h4-7,9-10,12,19H,8,11H2,1-3H3,(H,21,23). The van der Waals surface area contributed by atoms with Crippen LogP contribution in [0.1, 0.15) is 48.0 Å². The molecule has 1 N–H and O–H groups in total. The fraction of sp³-hybridized carbons (Fsp3) is 0.368. The van der Waals surface area contributed by atoms with Crippen molar-refractivity contribution in [3.05, 3.63) is 51.2 Å². The van der Waals surface area contributed by atoms with Gasteiger partial charge in [-0.25, -0.2) is 0 Å². The molecule has 0 spiro atoms. The Labute approximate surface area is 157 Å². The van der Waals surface area contributed by atoms with Crippen molar-refractivity contribution in [2.24, 2.45) is 5.92 Å². The second kappa shape index (κ2) is 9.02. The van der Waals surface area contributed by atoms with Crippen LogP contribution in [0.25, 0.3) is 0 Å². The molecular formula is C19H22ClNO3S. The number of amides is 1. The molecule has 0 fully saturated rings. The average Bonchev–Trinajstić information content (AvgIpc) is 3.04. The molecule has 1 unspecified atom stereocenters. The summed E-state index contributed by atoms with van der Waals surface area (Å²) >= 11 is 7.08. The predicted octanol–water partition coefficient (Wildman–Crippen LogP) is 4.89. The first-order chi connectivity index (χ1) is 11.9. The number of hydrogen-bond donors (Lipinski definition) is 1. The van der Waals surface area contributed by atoms with Gasteiger partial charge in [-0.15, -0.1) is 11.3 Å². The molecule has 1 heterocycles. The van der Waals surface area contributed by atoms with Gasteiger partial charge in [-0.1, -0.05) is 37.6 Å². The fourth-order valence-corrected chi connectivity index (χ4v) is 3.52. The maximum atomic E-state index is 12.3. The number of thiophene rings is 1. The van der Waals surface area contributed by atoms with Crippen LogP contribution in [0, 0.1) is 5.92 Å². The lowest BCUT2D eigenvalue weighted by molar-refractivity contribution is -0.122.